The Morgan fingerprint density at radius 3 is 2.17 bits per heavy atom. The van der Waals surface area contributed by atoms with E-state index in [1.165, 1.54) is 23.9 Å². The number of aryl methyl sites for hydroxylation is 1. The smallest absolute Gasteiger partial charge is 0.234 e. The summed E-state index contributed by atoms with van der Waals surface area (Å²) >= 11 is 1.18. The fourth-order valence-electron chi connectivity index (χ4n) is 2.06. The van der Waals surface area contributed by atoms with Crippen molar-refractivity contribution < 1.29 is 14.0 Å². The summed E-state index contributed by atoms with van der Waals surface area (Å²) in [5.41, 5.74) is 3.04. The second kappa shape index (κ2) is 8.49. The predicted molar refractivity (Wildman–Crippen MR) is 96.9 cm³/mol. The van der Waals surface area contributed by atoms with Crippen molar-refractivity contribution >= 4 is 35.0 Å². The van der Waals surface area contributed by atoms with Crippen LogP contribution in [0.3, 0.4) is 0 Å². The van der Waals surface area contributed by atoms with Gasteiger partial charge in [0, 0.05) is 5.69 Å². The molecule has 2 aromatic rings. The van der Waals surface area contributed by atoms with Gasteiger partial charge in [0.25, 0.3) is 0 Å². The number of rotatable bonds is 6. The van der Waals surface area contributed by atoms with E-state index in [4.69, 9.17) is 0 Å². The van der Waals surface area contributed by atoms with Crippen LogP contribution in [-0.4, -0.2) is 23.3 Å². The maximum Gasteiger partial charge on any atom is 0.234 e. The van der Waals surface area contributed by atoms with Crippen LogP contribution in [0.15, 0.2) is 42.5 Å². The minimum absolute atomic E-state index is 0.0779. The highest BCUT2D eigenvalue weighted by molar-refractivity contribution is 8.00. The maximum absolute atomic E-state index is 13.4. The number of carbonyl (C=O) groups excluding carboxylic acids is 2. The number of nitrogens with one attached hydrogen (secondary N) is 2. The molecule has 2 rings (SSSR count). The average molecular weight is 346 g/mol. The van der Waals surface area contributed by atoms with Crippen LogP contribution < -0.4 is 10.6 Å². The molecule has 24 heavy (non-hydrogen) atoms. The number of thioether (sulfide) groups is 1. The molecule has 2 aromatic carbocycles. The van der Waals surface area contributed by atoms with Crippen molar-refractivity contribution in [1.82, 2.24) is 0 Å². The van der Waals surface area contributed by atoms with Gasteiger partial charge in [0.05, 0.1) is 17.2 Å². The second-order valence-electron chi connectivity index (χ2n) is 5.32. The molecule has 0 bridgehead atoms. The van der Waals surface area contributed by atoms with E-state index in [0.29, 0.717) is 0 Å². The lowest BCUT2D eigenvalue weighted by molar-refractivity contribution is -0.114. The van der Waals surface area contributed by atoms with E-state index in [1.54, 1.807) is 12.1 Å². The molecule has 2 N–H and O–H groups in total. The molecule has 4 nitrogen and oxygen atoms in total. The highest BCUT2D eigenvalue weighted by atomic mass is 32.2. The molecule has 6 heteroatoms. The zero-order valence-electron chi connectivity index (χ0n) is 13.6. The SMILES string of the molecule is Cc1cccc(NC(=O)CSCC(=O)Nc2ccccc2F)c1C. The van der Waals surface area contributed by atoms with Crippen LogP contribution in [0.1, 0.15) is 11.1 Å². The summed E-state index contributed by atoms with van der Waals surface area (Å²) in [5.74, 6) is -0.771. The van der Waals surface area contributed by atoms with Gasteiger partial charge in [-0.05, 0) is 43.2 Å². The first-order chi connectivity index (χ1) is 11.5. The summed E-state index contributed by atoms with van der Waals surface area (Å²) in [6.07, 6.45) is 0. The first-order valence-electron chi connectivity index (χ1n) is 7.45. The van der Waals surface area contributed by atoms with Gasteiger partial charge in [-0.15, -0.1) is 11.8 Å². The molecule has 0 aliphatic carbocycles. The van der Waals surface area contributed by atoms with Crippen LogP contribution in [0.25, 0.3) is 0 Å². The Kier molecular flexibility index (Phi) is 6.37. The molecule has 0 aromatic heterocycles. The monoisotopic (exact) mass is 346 g/mol. The van der Waals surface area contributed by atoms with Crippen LogP contribution in [0.2, 0.25) is 0 Å². The first-order valence-corrected chi connectivity index (χ1v) is 8.61. The molecule has 0 fully saturated rings. The molecular formula is C18H19FN2O2S. The summed E-state index contributed by atoms with van der Waals surface area (Å²) < 4.78 is 13.4. The standard InChI is InChI=1S/C18H19FN2O2S/c1-12-6-5-9-15(13(12)2)20-17(22)10-24-11-18(23)21-16-8-4-3-7-14(16)19/h3-9H,10-11H2,1-2H3,(H,20,22)(H,21,23). The molecule has 0 aliphatic rings. The van der Waals surface area contributed by atoms with Gasteiger partial charge in [0.1, 0.15) is 5.82 Å². The lowest BCUT2D eigenvalue weighted by atomic mass is 10.1. The van der Waals surface area contributed by atoms with Gasteiger partial charge in [0.15, 0.2) is 0 Å². The first kappa shape index (κ1) is 18.0. The molecule has 126 valence electrons. The molecule has 0 spiro atoms. The lowest BCUT2D eigenvalue weighted by Gasteiger charge is -2.10. The third-order valence-electron chi connectivity index (χ3n) is 3.49. The Morgan fingerprint density at radius 1 is 0.917 bits per heavy atom. The fraction of sp³-hybridized carbons (Fsp3) is 0.222. The van der Waals surface area contributed by atoms with Crippen molar-refractivity contribution in [1.29, 1.82) is 0 Å². The highest BCUT2D eigenvalue weighted by Crippen LogP contribution is 2.18. The van der Waals surface area contributed by atoms with Gasteiger partial charge >= 0.3 is 0 Å². The molecule has 0 unspecified atom stereocenters. The molecule has 0 saturated carbocycles. The fourth-order valence-corrected chi connectivity index (χ4v) is 2.68. The van der Waals surface area contributed by atoms with E-state index in [1.807, 2.05) is 32.0 Å². The predicted octanol–water partition coefficient (Wildman–Crippen LogP) is 3.75. The van der Waals surface area contributed by atoms with E-state index in [-0.39, 0.29) is 29.0 Å². The topological polar surface area (TPSA) is 58.2 Å². The Labute approximate surface area is 144 Å². The quantitative estimate of drug-likeness (QED) is 0.837. The van der Waals surface area contributed by atoms with E-state index in [9.17, 15) is 14.0 Å². The number of halogens is 1. The number of hydrogen-bond acceptors (Lipinski definition) is 3. The number of anilines is 2. The van der Waals surface area contributed by atoms with Gasteiger partial charge < -0.3 is 10.6 Å². The van der Waals surface area contributed by atoms with Gasteiger partial charge in [-0.1, -0.05) is 24.3 Å². The second-order valence-corrected chi connectivity index (χ2v) is 6.30. The third kappa shape index (κ3) is 5.09. The van der Waals surface area contributed by atoms with Crippen molar-refractivity contribution in [3.8, 4) is 0 Å². The number of amides is 2. The van der Waals surface area contributed by atoms with Crippen molar-refractivity contribution in [2.24, 2.45) is 0 Å². The summed E-state index contributed by atoms with van der Waals surface area (Å²) in [6.45, 7) is 3.92. The van der Waals surface area contributed by atoms with E-state index in [2.05, 4.69) is 10.6 Å². The number of para-hydroxylation sites is 1. The van der Waals surface area contributed by atoms with Crippen LogP contribution >= 0.6 is 11.8 Å². The summed E-state index contributed by atoms with van der Waals surface area (Å²) in [7, 11) is 0. The molecule has 0 aliphatic heterocycles. The Morgan fingerprint density at radius 2 is 1.50 bits per heavy atom. The minimum Gasteiger partial charge on any atom is -0.325 e. The van der Waals surface area contributed by atoms with Crippen molar-refractivity contribution in [2.45, 2.75) is 13.8 Å². The Bertz CT molecular complexity index is 750. The number of hydrogen-bond donors (Lipinski definition) is 2. The van der Waals surface area contributed by atoms with E-state index >= 15 is 0 Å². The molecule has 0 atom stereocenters. The maximum atomic E-state index is 13.4. The van der Waals surface area contributed by atoms with Gasteiger partial charge in [-0.2, -0.15) is 0 Å². The summed E-state index contributed by atoms with van der Waals surface area (Å²) in [4.78, 5) is 23.7. The minimum atomic E-state index is -0.483. The normalized spacial score (nSPS) is 10.3. The average Bonchev–Trinajstić information content (AvgIpc) is 2.54. The van der Waals surface area contributed by atoms with E-state index < -0.39 is 5.82 Å². The van der Waals surface area contributed by atoms with Crippen LogP contribution in [0.4, 0.5) is 15.8 Å². The molecule has 2 amide bonds. The van der Waals surface area contributed by atoms with Crippen molar-refractivity contribution in [2.75, 3.05) is 22.1 Å². The number of benzene rings is 2. The molecule has 0 saturated heterocycles. The van der Waals surface area contributed by atoms with Gasteiger partial charge in [0.2, 0.25) is 11.8 Å². The van der Waals surface area contributed by atoms with Crippen LogP contribution in [-0.2, 0) is 9.59 Å². The molecule has 0 radical (unpaired) electrons. The Hall–Kier alpha value is -2.34. The summed E-state index contributed by atoms with van der Waals surface area (Å²) in [6, 6.07) is 11.7. The lowest BCUT2D eigenvalue weighted by Crippen LogP contribution is -2.19. The van der Waals surface area contributed by atoms with E-state index in [0.717, 1.165) is 16.8 Å². The van der Waals surface area contributed by atoms with Crippen molar-refractivity contribution in [3.05, 3.63) is 59.4 Å². The third-order valence-corrected chi connectivity index (χ3v) is 4.43. The van der Waals surface area contributed by atoms with Crippen molar-refractivity contribution in [3.63, 3.8) is 0 Å². The molecule has 0 heterocycles. The zero-order valence-corrected chi connectivity index (χ0v) is 14.4. The largest absolute Gasteiger partial charge is 0.325 e. The summed E-state index contributed by atoms with van der Waals surface area (Å²) in [5, 5.41) is 5.32. The van der Waals surface area contributed by atoms with Crippen LogP contribution in [0, 0.1) is 19.7 Å². The van der Waals surface area contributed by atoms with Crippen LogP contribution in [0.5, 0.6) is 0 Å². The zero-order chi connectivity index (χ0) is 17.5. The number of carbonyl (C=O) groups is 2. The Balaban J connectivity index is 1.77. The van der Waals surface area contributed by atoms with Gasteiger partial charge in [-0.3, -0.25) is 9.59 Å². The highest BCUT2D eigenvalue weighted by Gasteiger charge is 2.09. The van der Waals surface area contributed by atoms with Gasteiger partial charge in [-0.25, -0.2) is 4.39 Å². The molecular weight excluding hydrogens is 327 g/mol.